The molecule has 0 aliphatic carbocycles. The Morgan fingerprint density at radius 1 is 1.07 bits per heavy atom. The fraction of sp³-hybridized carbons (Fsp3) is 0.200. The van der Waals surface area contributed by atoms with Crippen LogP contribution in [0, 0.1) is 0 Å². The number of rotatable bonds is 9. The zero-order valence-corrected chi connectivity index (χ0v) is 15.9. The fourth-order valence-corrected chi connectivity index (χ4v) is 3.19. The van der Waals surface area contributed by atoms with E-state index in [9.17, 15) is 9.59 Å². The lowest BCUT2D eigenvalue weighted by atomic mass is 10.1. The molecule has 7 nitrogen and oxygen atoms in total. The van der Waals surface area contributed by atoms with Gasteiger partial charge >= 0.3 is 5.97 Å². The van der Waals surface area contributed by atoms with Crippen molar-refractivity contribution in [3.63, 3.8) is 0 Å². The zero-order valence-electron chi connectivity index (χ0n) is 15.0. The maximum atomic E-state index is 12.0. The van der Waals surface area contributed by atoms with E-state index in [2.05, 4.69) is 27.6 Å². The van der Waals surface area contributed by atoms with Gasteiger partial charge in [-0.1, -0.05) is 18.2 Å². The van der Waals surface area contributed by atoms with Gasteiger partial charge in [0.1, 0.15) is 0 Å². The van der Waals surface area contributed by atoms with Crippen LogP contribution in [0.5, 0.6) is 0 Å². The minimum atomic E-state index is -0.563. The highest BCUT2D eigenvalue weighted by molar-refractivity contribution is 7.99. The molecule has 0 fully saturated rings. The Morgan fingerprint density at radius 2 is 1.86 bits per heavy atom. The number of nitrogens with one attached hydrogen (secondary N) is 1. The van der Waals surface area contributed by atoms with Crippen LogP contribution in [0.4, 0.5) is 0 Å². The normalized spacial score (nSPS) is 10.4. The number of benzene rings is 2. The summed E-state index contributed by atoms with van der Waals surface area (Å²) in [6.45, 7) is 0.227. The van der Waals surface area contributed by atoms with Gasteiger partial charge in [-0.05, 0) is 48.6 Å². The maximum absolute atomic E-state index is 12.0. The van der Waals surface area contributed by atoms with Crippen molar-refractivity contribution in [2.75, 3.05) is 18.9 Å². The van der Waals surface area contributed by atoms with Crippen LogP contribution in [0.3, 0.4) is 0 Å². The summed E-state index contributed by atoms with van der Waals surface area (Å²) >= 11 is 1.74. The molecule has 0 atom stereocenters. The molecular formula is C20H19N3O4S. The highest BCUT2D eigenvalue weighted by atomic mass is 32.2. The van der Waals surface area contributed by atoms with E-state index in [0.717, 1.165) is 12.2 Å². The molecule has 0 bridgehead atoms. The Bertz CT molecular complexity index is 884. The van der Waals surface area contributed by atoms with Crippen LogP contribution in [0.15, 0.2) is 70.3 Å². The third kappa shape index (κ3) is 5.95. The Kier molecular flexibility index (Phi) is 7.20. The van der Waals surface area contributed by atoms with Crippen LogP contribution in [0.25, 0.3) is 11.5 Å². The fourth-order valence-electron chi connectivity index (χ4n) is 2.32. The molecule has 1 N–H and O–H groups in total. The number of esters is 1. The molecule has 0 radical (unpaired) electrons. The lowest BCUT2D eigenvalue weighted by Crippen LogP contribution is -2.29. The molecule has 0 aliphatic heterocycles. The monoisotopic (exact) mass is 397 g/mol. The van der Waals surface area contributed by atoms with Gasteiger partial charge in [0.2, 0.25) is 12.3 Å². The van der Waals surface area contributed by atoms with Gasteiger partial charge in [-0.15, -0.1) is 22.0 Å². The summed E-state index contributed by atoms with van der Waals surface area (Å²) in [6, 6.07) is 16.6. The second-order valence-corrected chi connectivity index (χ2v) is 6.93. The molecule has 28 heavy (non-hydrogen) atoms. The summed E-state index contributed by atoms with van der Waals surface area (Å²) in [5, 5.41) is 10.1. The molecule has 1 amide bonds. The van der Waals surface area contributed by atoms with Crippen LogP contribution in [0.1, 0.15) is 16.8 Å². The van der Waals surface area contributed by atoms with Gasteiger partial charge in [-0.3, -0.25) is 4.79 Å². The Hall–Kier alpha value is -3.13. The molecule has 144 valence electrons. The quantitative estimate of drug-likeness (QED) is 0.337. The van der Waals surface area contributed by atoms with Crippen molar-refractivity contribution in [3.8, 4) is 11.5 Å². The Labute approximate surface area is 166 Å². The second-order valence-electron chi connectivity index (χ2n) is 5.76. The van der Waals surface area contributed by atoms with Gasteiger partial charge in [0.25, 0.3) is 5.91 Å². The number of carbonyl (C=O) groups excluding carboxylic acids is 2. The Morgan fingerprint density at radius 3 is 2.57 bits per heavy atom. The summed E-state index contributed by atoms with van der Waals surface area (Å²) in [6.07, 6.45) is 2.06. The third-order valence-electron chi connectivity index (χ3n) is 3.72. The summed E-state index contributed by atoms with van der Waals surface area (Å²) < 4.78 is 10.1. The maximum Gasteiger partial charge on any atom is 0.338 e. The van der Waals surface area contributed by atoms with Crippen molar-refractivity contribution < 1.29 is 18.7 Å². The summed E-state index contributed by atoms with van der Waals surface area (Å²) in [4.78, 5) is 25.0. The van der Waals surface area contributed by atoms with Crippen molar-refractivity contribution in [3.05, 3.63) is 66.6 Å². The van der Waals surface area contributed by atoms with Gasteiger partial charge in [0.15, 0.2) is 6.61 Å². The van der Waals surface area contributed by atoms with Crippen molar-refractivity contribution in [1.82, 2.24) is 15.5 Å². The lowest BCUT2D eigenvalue weighted by molar-refractivity contribution is -0.124. The van der Waals surface area contributed by atoms with E-state index < -0.39 is 5.97 Å². The van der Waals surface area contributed by atoms with E-state index >= 15 is 0 Å². The summed E-state index contributed by atoms with van der Waals surface area (Å²) in [7, 11) is 0. The van der Waals surface area contributed by atoms with E-state index in [1.54, 1.807) is 36.0 Å². The van der Waals surface area contributed by atoms with Gasteiger partial charge in [0, 0.05) is 17.0 Å². The molecule has 1 heterocycles. The standard InChI is InChI=1S/C20H19N3O4S/c24-18(21-11-4-12-28-17-5-2-1-3-6-17)13-26-20(25)16-9-7-15(8-10-16)19-23-22-14-27-19/h1-3,5-10,14H,4,11-13H2,(H,21,24). The number of thioether (sulfide) groups is 1. The van der Waals surface area contributed by atoms with Crippen molar-refractivity contribution >= 4 is 23.6 Å². The first-order valence-electron chi connectivity index (χ1n) is 8.70. The largest absolute Gasteiger partial charge is 0.452 e. The average Bonchev–Trinajstić information content (AvgIpc) is 3.27. The zero-order chi connectivity index (χ0) is 19.6. The van der Waals surface area contributed by atoms with Gasteiger partial charge in [-0.2, -0.15) is 0 Å². The predicted octanol–water partition coefficient (Wildman–Crippen LogP) is 3.19. The second kappa shape index (κ2) is 10.3. The number of aromatic nitrogens is 2. The number of amides is 1. The number of nitrogens with zero attached hydrogens (tertiary/aromatic N) is 2. The molecule has 2 aromatic carbocycles. The molecule has 0 saturated heterocycles. The minimum Gasteiger partial charge on any atom is -0.452 e. The van der Waals surface area contributed by atoms with E-state index in [4.69, 9.17) is 9.15 Å². The molecular weight excluding hydrogens is 378 g/mol. The predicted molar refractivity (Wildman–Crippen MR) is 105 cm³/mol. The highest BCUT2D eigenvalue weighted by Crippen LogP contribution is 2.18. The van der Waals surface area contributed by atoms with Gasteiger partial charge in [-0.25, -0.2) is 4.79 Å². The average molecular weight is 397 g/mol. The number of hydrogen-bond donors (Lipinski definition) is 1. The summed E-state index contributed by atoms with van der Waals surface area (Å²) in [5.74, 6) is 0.383. The molecule has 0 saturated carbocycles. The van der Waals surface area contributed by atoms with E-state index in [1.165, 1.54) is 11.3 Å². The highest BCUT2D eigenvalue weighted by Gasteiger charge is 2.11. The Balaban J connectivity index is 1.33. The summed E-state index contributed by atoms with van der Waals surface area (Å²) in [5.41, 5.74) is 1.04. The molecule has 0 aliphatic rings. The van der Waals surface area contributed by atoms with Crippen molar-refractivity contribution in [2.45, 2.75) is 11.3 Å². The number of hydrogen-bond acceptors (Lipinski definition) is 7. The van der Waals surface area contributed by atoms with Crippen LogP contribution in [-0.4, -0.2) is 41.0 Å². The first kappa shape index (κ1) is 19.6. The van der Waals surface area contributed by atoms with E-state index in [0.29, 0.717) is 23.6 Å². The molecule has 0 spiro atoms. The molecule has 1 aromatic heterocycles. The molecule has 0 unspecified atom stereocenters. The first-order chi connectivity index (χ1) is 13.7. The molecule has 3 aromatic rings. The minimum absolute atomic E-state index is 0.309. The number of ether oxygens (including phenoxy) is 1. The third-order valence-corrected chi connectivity index (χ3v) is 4.82. The van der Waals surface area contributed by atoms with Gasteiger partial charge < -0.3 is 14.5 Å². The van der Waals surface area contributed by atoms with Crippen LogP contribution in [0.2, 0.25) is 0 Å². The molecule has 8 heteroatoms. The first-order valence-corrected chi connectivity index (χ1v) is 9.69. The van der Waals surface area contributed by atoms with Crippen LogP contribution < -0.4 is 5.32 Å². The van der Waals surface area contributed by atoms with E-state index in [-0.39, 0.29) is 12.5 Å². The van der Waals surface area contributed by atoms with Gasteiger partial charge in [0.05, 0.1) is 5.56 Å². The van der Waals surface area contributed by atoms with E-state index in [1.807, 2.05) is 18.2 Å². The van der Waals surface area contributed by atoms with Crippen molar-refractivity contribution in [1.29, 1.82) is 0 Å². The SMILES string of the molecule is O=C(COC(=O)c1ccc(-c2nnco2)cc1)NCCCSc1ccccc1. The van der Waals surface area contributed by atoms with Crippen molar-refractivity contribution in [2.24, 2.45) is 0 Å². The topological polar surface area (TPSA) is 94.3 Å². The number of carbonyl (C=O) groups is 2. The van der Waals surface area contributed by atoms with Crippen LogP contribution in [-0.2, 0) is 9.53 Å². The lowest BCUT2D eigenvalue weighted by Gasteiger charge is -2.07. The molecule has 3 rings (SSSR count). The smallest absolute Gasteiger partial charge is 0.338 e. The van der Waals surface area contributed by atoms with Crippen LogP contribution >= 0.6 is 11.8 Å².